The molecule has 0 spiro atoms. The Hall–Kier alpha value is -1.42. The number of hydrogen-bond acceptors (Lipinski definition) is 4. The van der Waals surface area contributed by atoms with Crippen LogP contribution in [-0.2, 0) is 11.3 Å². The molecule has 1 unspecified atom stereocenters. The zero-order valence-corrected chi connectivity index (χ0v) is 10.3. The summed E-state index contributed by atoms with van der Waals surface area (Å²) in [5.74, 6) is 1.01. The number of hydrogen-bond donors (Lipinski definition) is 0. The predicted molar refractivity (Wildman–Crippen MR) is 64.9 cm³/mol. The molecule has 2 rings (SSSR count). The Kier molecular flexibility index (Phi) is 3.74. The van der Waals surface area contributed by atoms with Gasteiger partial charge in [0.2, 0.25) is 5.88 Å². The number of carbonyl (C=O) groups is 1. The molecule has 92 valence electrons. The fourth-order valence-electron chi connectivity index (χ4n) is 2.14. The predicted octanol–water partition coefficient (Wildman–Crippen LogP) is 1.64. The van der Waals surface area contributed by atoms with Gasteiger partial charge in [0.25, 0.3) is 0 Å². The van der Waals surface area contributed by atoms with E-state index in [0.29, 0.717) is 30.5 Å². The van der Waals surface area contributed by atoms with Gasteiger partial charge in [0.15, 0.2) is 0 Å². The van der Waals surface area contributed by atoms with Crippen LogP contribution in [0.2, 0.25) is 0 Å². The van der Waals surface area contributed by atoms with Crippen molar-refractivity contribution in [2.75, 3.05) is 13.7 Å². The number of pyridine rings is 1. The number of ether oxygens (including phenoxy) is 1. The van der Waals surface area contributed by atoms with Crippen molar-refractivity contribution in [3.8, 4) is 5.88 Å². The van der Waals surface area contributed by atoms with Crippen LogP contribution >= 0.6 is 0 Å². The van der Waals surface area contributed by atoms with Gasteiger partial charge in [0, 0.05) is 44.2 Å². The van der Waals surface area contributed by atoms with Gasteiger partial charge in [0.1, 0.15) is 5.78 Å². The summed E-state index contributed by atoms with van der Waals surface area (Å²) in [4.78, 5) is 17.8. The molecule has 0 saturated carbocycles. The minimum atomic E-state index is 0.332. The van der Waals surface area contributed by atoms with Gasteiger partial charge in [-0.2, -0.15) is 0 Å². The molecule has 2 heterocycles. The quantitative estimate of drug-likeness (QED) is 0.797. The Morgan fingerprint density at radius 1 is 1.53 bits per heavy atom. The van der Waals surface area contributed by atoms with Crippen molar-refractivity contribution < 1.29 is 9.53 Å². The van der Waals surface area contributed by atoms with Gasteiger partial charge in [-0.25, -0.2) is 4.98 Å². The first kappa shape index (κ1) is 12.0. The summed E-state index contributed by atoms with van der Waals surface area (Å²) in [6.07, 6.45) is 3.18. The SMILES string of the molecule is COc1ccc(CN2CCC(=O)CC2C)cn1. The molecule has 1 atom stereocenters. The second-order valence-electron chi connectivity index (χ2n) is 4.52. The van der Waals surface area contributed by atoms with E-state index in [1.807, 2.05) is 18.3 Å². The van der Waals surface area contributed by atoms with Crippen LogP contribution < -0.4 is 4.74 Å². The number of carbonyl (C=O) groups excluding carboxylic acids is 1. The highest BCUT2D eigenvalue weighted by Gasteiger charge is 2.23. The number of ketones is 1. The van der Waals surface area contributed by atoms with Crippen LogP contribution in [0.5, 0.6) is 5.88 Å². The molecule has 0 N–H and O–H groups in total. The van der Waals surface area contributed by atoms with E-state index in [0.717, 1.165) is 18.7 Å². The van der Waals surface area contributed by atoms with Gasteiger partial charge in [-0.05, 0) is 12.5 Å². The maximum absolute atomic E-state index is 11.3. The maximum Gasteiger partial charge on any atom is 0.212 e. The molecule has 0 aliphatic carbocycles. The lowest BCUT2D eigenvalue weighted by molar-refractivity contribution is -0.123. The number of nitrogens with zero attached hydrogens (tertiary/aromatic N) is 2. The largest absolute Gasteiger partial charge is 0.481 e. The van der Waals surface area contributed by atoms with E-state index in [9.17, 15) is 4.79 Å². The van der Waals surface area contributed by atoms with Crippen LogP contribution in [0, 0.1) is 0 Å². The maximum atomic E-state index is 11.3. The molecule has 1 aromatic rings. The summed E-state index contributed by atoms with van der Waals surface area (Å²) in [6, 6.07) is 4.22. The third-order valence-corrected chi connectivity index (χ3v) is 3.22. The second-order valence-corrected chi connectivity index (χ2v) is 4.52. The molecule has 1 fully saturated rings. The molecule has 0 radical (unpaired) electrons. The molecule has 0 amide bonds. The minimum Gasteiger partial charge on any atom is -0.481 e. The van der Waals surface area contributed by atoms with Crippen LogP contribution in [0.15, 0.2) is 18.3 Å². The Balaban J connectivity index is 1.97. The van der Waals surface area contributed by atoms with Crippen molar-refractivity contribution in [1.29, 1.82) is 0 Å². The van der Waals surface area contributed by atoms with E-state index < -0.39 is 0 Å². The number of methoxy groups -OCH3 is 1. The lowest BCUT2D eigenvalue weighted by Gasteiger charge is -2.32. The normalized spacial score (nSPS) is 21.5. The molecule has 1 aliphatic heterocycles. The van der Waals surface area contributed by atoms with E-state index in [1.165, 1.54) is 0 Å². The fourth-order valence-corrected chi connectivity index (χ4v) is 2.14. The molecule has 4 heteroatoms. The van der Waals surface area contributed by atoms with Crippen LogP contribution in [0.3, 0.4) is 0 Å². The molecular weight excluding hydrogens is 216 g/mol. The highest BCUT2D eigenvalue weighted by Crippen LogP contribution is 2.17. The Bertz CT molecular complexity index is 389. The standard InChI is InChI=1S/C13H18N2O2/c1-10-7-12(16)5-6-15(10)9-11-3-4-13(17-2)14-8-11/h3-4,8,10H,5-7,9H2,1-2H3. The molecule has 17 heavy (non-hydrogen) atoms. The van der Waals surface area contributed by atoms with Gasteiger partial charge in [-0.15, -0.1) is 0 Å². The number of likely N-dealkylation sites (tertiary alicyclic amines) is 1. The number of piperidine rings is 1. The van der Waals surface area contributed by atoms with E-state index in [1.54, 1.807) is 7.11 Å². The number of rotatable bonds is 3. The average molecular weight is 234 g/mol. The van der Waals surface area contributed by atoms with E-state index in [2.05, 4.69) is 16.8 Å². The van der Waals surface area contributed by atoms with Gasteiger partial charge >= 0.3 is 0 Å². The second kappa shape index (κ2) is 5.27. The Labute approximate surface area is 102 Å². The van der Waals surface area contributed by atoms with Crippen molar-refractivity contribution in [2.24, 2.45) is 0 Å². The van der Waals surface area contributed by atoms with E-state index in [-0.39, 0.29) is 0 Å². The summed E-state index contributed by atoms with van der Waals surface area (Å²) in [5.41, 5.74) is 1.16. The van der Waals surface area contributed by atoms with Crippen LogP contribution in [0.25, 0.3) is 0 Å². The fraction of sp³-hybridized carbons (Fsp3) is 0.538. The van der Waals surface area contributed by atoms with Crippen molar-refractivity contribution in [2.45, 2.75) is 32.4 Å². The number of Topliss-reactive ketones (excluding diaryl/α,β-unsaturated/α-hetero) is 1. The molecule has 1 aromatic heterocycles. The van der Waals surface area contributed by atoms with Gasteiger partial charge in [0.05, 0.1) is 7.11 Å². The van der Waals surface area contributed by atoms with Crippen LogP contribution in [0.4, 0.5) is 0 Å². The monoisotopic (exact) mass is 234 g/mol. The smallest absolute Gasteiger partial charge is 0.212 e. The van der Waals surface area contributed by atoms with Crippen LogP contribution in [-0.4, -0.2) is 35.4 Å². The summed E-state index contributed by atoms with van der Waals surface area (Å²) < 4.78 is 5.02. The van der Waals surface area contributed by atoms with Crippen molar-refractivity contribution in [1.82, 2.24) is 9.88 Å². The zero-order valence-electron chi connectivity index (χ0n) is 10.3. The highest BCUT2D eigenvalue weighted by atomic mass is 16.5. The van der Waals surface area contributed by atoms with Crippen molar-refractivity contribution in [3.63, 3.8) is 0 Å². The molecule has 4 nitrogen and oxygen atoms in total. The average Bonchev–Trinajstić information content (AvgIpc) is 2.34. The van der Waals surface area contributed by atoms with E-state index in [4.69, 9.17) is 4.74 Å². The number of aromatic nitrogens is 1. The molecular formula is C13H18N2O2. The minimum absolute atomic E-state index is 0.332. The van der Waals surface area contributed by atoms with Crippen LogP contribution in [0.1, 0.15) is 25.3 Å². The highest BCUT2D eigenvalue weighted by molar-refractivity contribution is 5.79. The lowest BCUT2D eigenvalue weighted by Crippen LogP contribution is -2.40. The first-order valence-corrected chi connectivity index (χ1v) is 5.93. The molecule has 0 aromatic carbocycles. The summed E-state index contributed by atoms with van der Waals surface area (Å²) in [6.45, 7) is 3.81. The molecule has 0 bridgehead atoms. The topological polar surface area (TPSA) is 42.4 Å². The molecule has 1 saturated heterocycles. The summed E-state index contributed by atoms with van der Waals surface area (Å²) >= 11 is 0. The molecule has 1 aliphatic rings. The van der Waals surface area contributed by atoms with Gasteiger partial charge < -0.3 is 4.74 Å². The Morgan fingerprint density at radius 2 is 2.35 bits per heavy atom. The summed E-state index contributed by atoms with van der Waals surface area (Å²) in [7, 11) is 1.61. The van der Waals surface area contributed by atoms with Crippen molar-refractivity contribution >= 4 is 5.78 Å². The van der Waals surface area contributed by atoms with E-state index >= 15 is 0 Å². The van der Waals surface area contributed by atoms with Crippen molar-refractivity contribution in [3.05, 3.63) is 23.9 Å². The first-order chi connectivity index (χ1) is 8.19. The first-order valence-electron chi connectivity index (χ1n) is 5.93. The summed E-state index contributed by atoms with van der Waals surface area (Å²) in [5, 5.41) is 0. The third-order valence-electron chi connectivity index (χ3n) is 3.22. The lowest BCUT2D eigenvalue weighted by atomic mass is 10.0. The zero-order chi connectivity index (χ0) is 12.3. The van der Waals surface area contributed by atoms with Gasteiger partial charge in [-0.3, -0.25) is 9.69 Å². The third kappa shape index (κ3) is 3.03. The van der Waals surface area contributed by atoms with Gasteiger partial charge in [-0.1, -0.05) is 6.07 Å². The Morgan fingerprint density at radius 3 is 2.94 bits per heavy atom.